The third-order valence-corrected chi connectivity index (χ3v) is 3.75. The van der Waals surface area contributed by atoms with E-state index in [0.29, 0.717) is 11.3 Å². The van der Waals surface area contributed by atoms with E-state index in [9.17, 15) is 4.79 Å². The molecular formula is C14H22BrN3O. The highest BCUT2D eigenvalue weighted by Crippen LogP contribution is 2.20. The van der Waals surface area contributed by atoms with Crippen LogP contribution in [0.3, 0.4) is 0 Å². The summed E-state index contributed by atoms with van der Waals surface area (Å²) in [5.41, 5.74) is 6.96. The second kappa shape index (κ2) is 7.50. The van der Waals surface area contributed by atoms with E-state index in [1.807, 2.05) is 6.92 Å². The normalized spacial score (nSPS) is 12.5. The first-order chi connectivity index (χ1) is 8.97. The number of nitrogens with zero attached hydrogens (tertiary/aromatic N) is 1. The first-order valence-electron chi connectivity index (χ1n) is 6.56. The van der Waals surface area contributed by atoms with Gasteiger partial charge in [0.05, 0.1) is 0 Å². The molecule has 5 heteroatoms. The van der Waals surface area contributed by atoms with Crippen molar-refractivity contribution in [3.63, 3.8) is 0 Å². The molecule has 0 spiro atoms. The lowest BCUT2D eigenvalue weighted by Crippen LogP contribution is -2.41. The van der Waals surface area contributed by atoms with Crippen molar-refractivity contribution >= 4 is 27.5 Å². The van der Waals surface area contributed by atoms with E-state index in [1.54, 1.807) is 18.2 Å². The fourth-order valence-electron chi connectivity index (χ4n) is 1.89. The van der Waals surface area contributed by atoms with Crippen molar-refractivity contribution in [2.45, 2.75) is 26.8 Å². The number of carbonyl (C=O) groups is 1. The largest absolute Gasteiger partial charge is 0.398 e. The van der Waals surface area contributed by atoms with Gasteiger partial charge < -0.3 is 16.0 Å². The Morgan fingerprint density at radius 3 is 2.58 bits per heavy atom. The molecule has 0 fully saturated rings. The molecule has 0 bridgehead atoms. The zero-order valence-corrected chi connectivity index (χ0v) is 13.3. The highest BCUT2D eigenvalue weighted by Gasteiger charge is 2.12. The molecule has 19 heavy (non-hydrogen) atoms. The van der Waals surface area contributed by atoms with Crippen molar-refractivity contribution in [1.29, 1.82) is 0 Å². The van der Waals surface area contributed by atoms with Crippen LogP contribution in [0.1, 0.15) is 31.1 Å². The molecule has 0 aliphatic carbocycles. The van der Waals surface area contributed by atoms with Crippen LogP contribution in [0.4, 0.5) is 5.69 Å². The number of nitrogens with one attached hydrogen (secondary N) is 1. The molecule has 0 aliphatic rings. The number of hydrogen-bond acceptors (Lipinski definition) is 3. The van der Waals surface area contributed by atoms with Crippen LogP contribution in [0.2, 0.25) is 0 Å². The number of benzene rings is 1. The Morgan fingerprint density at radius 1 is 1.42 bits per heavy atom. The Morgan fingerprint density at radius 2 is 2.05 bits per heavy atom. The number of amides is 1. The standard InChI is InChI=1S/C14H22BrN3O/c1-4-18(5-2)9-10(3)17-14(19)11-6-7-13(16)12(15)8-11/h6-8,10H,4-5,9,16H2,1-3H3,(H,17,19). The summed E-state index contributed by atoms with van der Waals surface area (Å²) in [5, 5.41) is 3.00. The van der Waals surface area contributed by atoms with Crippen LogP contribution in [0.25, 0.3) is 0 Å². The molecule has 0 saturated carbocycles. The van der Waals surface area contributed by atoms with Gasteiger partial charge in [-0.25, -0.2) is 0 Å². The number of nitrogen functional groups attached to an aromatic ring is 1. The summed E-state index contributed by atoms with van der Waals surface area (Å²) in [6.45, 7) is 9.09. The molecule has 3 N–H and O–H groups in total. The Hall–Kier alpha value is -1.07. The Kier molecular flexibility index (Phi) is 6.31. The summed E-state index contributed by atoms with van der Waals surface area (Å²) >= 11 is 3.33. The number of hydrogen-bond donors (Lipinski definition) is 2. The molecule has 1 amide bonds. The van der Waals surface area contributed by atoms with Crippen molar-refractivity contribution in [3.8, 4) is 0 Å². The fraction of sp³-hybridized carbons (Fsp3) is 0.500. The smallest absolute Gasteiger partial charge is 0.251 e. The van der Waals surface area contributed by atoms with Gasteiger partial charge in [0.1, 0.15) is 0 Å². The van der Waals surface area contributed by atoms with E-state index in [2.05, 4.69) is 40.0 Å². The number of likely N-dealkylation sites (N-methyl/N-ethyl adjacent to an activating group) is 1. The second-order valence-corrected chi connectivity index (χ2v) is 5.45. The quantitative estimate of drug-likeness (QED) is 0.789. The van der Waals surface area contributed by atoms with Gasteiger partial charge in [-0.05, 0) is 54.1 Å². The number of nitrogens with two attached hydrogens (primary N) is 1. The summed E-state index contributed by atoms with van der Waals surface area (Å²) in [6.07, 6.45) is 0. The van der Waals surface area contributed by atoms with Crippen molar-refractivity contribution in [2.75, 3.05) is 25.4 Å². The zero-order valence-electron chi connectivity index (χ0n) is 11.7. The number of rotatable bonds is 6. The highest BCUT2D eigenvalue weighted by molar-refractivity contribution is 9.10. The highest BCUT2D eigenvalue weighted by atomic mass is 79.9. The van der Waals surface area contributed by atoms with Gasteiger partial charge in [-0.1, -0.05) is 13.8 Å². The molecular weight excluding hydrogens is 306 g/mol. The first kappa shape index (κ1) is 16.0. The van der Waals surface area contributed by atoms with E-state index < -0.39 is 0 Å². The van der Waals surface area contributed by atoms with Gasteiger partial charge in [0.2, 0.25) is 0 Å². The maximum absolute atomic E-state index is 12.1. The summed E-state index contributed by atoms with van der Waals surface area (Å²) in [4.78, 5) is 14.4. The minimum Gasteiger partial charge on any atom is -0.398 e. The maximum atomic E-state index is 12.1. The van der Waals surface area contributed by atoms with Gasteiger partial charge >= 0.3 is 0 Å². The molecule has 1 unspecified atom stereocenters. The number of carbonyl (C=O) groups excluding carboxylic acids is 1. The topological polar surface area (TPSA) is 58.4 Å². The average molecular weight is 328 g/mol. The zero-order chi connectivity index (χ0) is 14.4. The monoisotopic (exact) mass is 327 g/mol. The van der Waals surface area contributed by atoms with Gasteiger partial charge in [0.25, 0.3) is 5.91 Å². The van der Waals surface area contributed by atoms with Gasteiger partial charge in [-0.2, -0.15) is 0 Å². The fourth-order valence-corrected chi connectivity index (χ4v) is 2.27. The predicted octanol–water partition coefficient (Wildman–Crippen LogP) is 2.49. The van der Waals surface area contributed by atoms with Crippen LogP contribution in [0.15, 0.2) is 22.7 Å². The first-order valence-corrected chi connectivity index (χ1v) is 7.35. The van der Waals surface area contributed by atoms with Crippen molar-refractivity contribution in [1.82, 2.24) is 10.2 Å². The molecule has 0 radical (unpaired) electrons. The Bertz CT molecular complexity index is 433. The van der Waals surface area contributed by atoms with Crippen molar-refractivity contribution in [2.24, 2.45) is 0 Å². The predicted molar refractivity (Wildman–Crippen MR) is 83.3 cm³/mol. The van der Waals surface area contributed by atoms with Crippen molar-refractivity contribution in [3.05, 3.63) is 28.2 Å². The van der Waals surface area contributed by atoms with E-state index in [0.717, 1.165) is 24.1 Å². The van der Waals surface area contributed by atoms with Crippen LogP contribution in [-0.4, -0.2) is 36.5 Å². The van der Waals surface area contributed by atoms with Gasteiger partial charge in [0, 0.05) is 28.3 Å². The minimum absolute atomic E-state index is 0.0691. The summed E-state index contributed by atoms with van der Waals surface area (Å²) in [6, 6.07) is 5.33. The van der Waals surface area contributed by atoms with E-state index in [1.165, 1.54) is 0 Å². The maximum Gasteiger partial charge on any atom is 0.251 e. The lowest BCUT2D eigenvalue weighted by atomic mass is 10.2. The van der Waals surface area contributed by atoms with Crippen LogP contribution in [0, 0.1) is 0 Å². The third-order valence-electron chi connectivity index (χ3n) is 3.07. The van der Waals surface area contributed by atoms with Gasteiger partial charge in [0.15, 0.2) is 0 Å². The molecule has 1 rings (SSSR count). The van der Waals surface area contributed by atoms with Crippen LogP contribution in [0.5, 0.6) is 0 Å². The van der Waals surface area contributed by atoms with Crippen molar-refractivity contribution < 1.29 is 4.79 Å². The van der Waals surface area contributed by atoms with Crippen LogP contribution in [-0.2, 0) is 0 Å². The van der Waals surface area contributed by atoms with E-state index in [-0.39, 0.29) is 11.9 Å². The molecule has 1 aromatic rings. The van der Waals surface area contributed by atoms with Crippen LogP contribution >= 0.6 is 15.9 Å². The SMILES string of the molecule is CCN(CC)CC(C)NC(=O)c1ccc(N)c(Br)c1. The number of halogens is 1. The van der Waals surface area contributed by atoms with Gasteiger partial charge in [-0.15, -0.1) is 0 Å². The Balaban J connectivity index is 2.61. The second-order valence-electron chi connectivity index (χ2n) is 4.60. The summed E-state index contributed by atoms with van der Waals surface area (Å²) in [7, 11) is 0. The molecule has 0 aliphatic heterocycles. The molecule has 0 aromatic heterocycles. The van der Waals surface area contributed by atoms with E-state index >= 15 is 0 Å². The van der Waals surface area contributed by atoms with Crippen LogP contribution < -0.4 is 11.1 Å². The lowest BCUT2D eigenvalue weighted by Gasteiger charge is -2.23. The molecule has 1 atom stereocenters. The summed E-state index contributed by atoms with van der Waals surface area (Å²) < 4.78 is 0.747. The lowest BCUT2D eigenvalue weighted by molar-refractivity contribution is 0.0930. The average Bonchev–Trinajstić information content (AvgIpc) is 2.38. The molecule has 4 nitrogen and oxygen atoms in total. The molecule has 0 heterocycles. The molecule has 106 valence electrons. The molecule has 0 saturated heterocycles. The third kappa shape index (κ3) is 4.84. The minimum atomic E-state index is -0.0691. The number of anilines is 1. The molecule has 1 aromatic carbocycles. The van der Waals surface area contributed by atoms with E-state index in [4.69, 9.17) is 5.73 Å². The Labute approximate surface area is 123 Å². The summed E-state index contributed by atoms with van der Waals surface area (Å²) in [5.74, 6) is -0.0691. The van der Waals surface area contributed by atoms with Gasteiger partial charge in [-0.3, -0.25) is 4.79 Å².